The molecule has 1 saturated heterocycles. The van der Waals surface area contributed by atoms with Crippen LogP contribution in [0, 0.1) is 12.8 Å². The number of carbonyl (C=O) groups is 2. The predicted molar refractivity (Wildman–Crippen MR) is 71.2 cm³/mol. The maximum atomic E-state index is 12.3. The van der Waals surface area contributed by atoms with E-state index in [1.807, 2.05) is 32.2 Å². The number of aryl methyl sites for hydroxylation is 1. The van der Waals surface area contributed by atoms with Crippen LogP contribution in [0.4, 0.5) is 0 Å². The molecule has 2 rings (SSSR count). The largest absolute Gasteiger partial charge is 0.343 e. The highest BCUT2D eigenvalue weighted by atomic mass is 32.1. The Morgan fingerprint density at radius 2 is 2.22 bits per heavy atom. The topological polar surface area (TPSA) is 49.4 Å². The molecule has 0 radical (unpaired) electrons. The van der Waals surface area contributed by atoms with E-state index in [0.717, 1.165) is 4.88 Å². The van der Waals surface area contributed by atoms with Crippen molar-refractivity contribution in [3.05, 3.63) is 21.9 Å². The fourth-order valence-electron chi connectivity index (χ4n) is 2.05. The summed E-state index contributed by atoms with van der Waals surface area (Å²) in [7, 11) is 0. The quantitative estimate of drug-likeness (QED) is 0.902. The molecule has 5 heteroatoms. The first-order valence-electron chi connectivity index (χ1n) is 6.10. The summed E-state index contributed by atoms with van der Waals surface area (Å²) in [6.45, 7) is 6.63. The Balaban J connectivity index is 2.14. The molecule has 0 aromatic carbocycles. The van der Waals surface area contributed by atoms with E-state index in [-0.39, 0.29) is 30.3 Å². The van der Waals surface area contributed by atoms with E-state index < -0.39 is 0 Å². The van der Waals surface area contributed by atoms with Crippen molar-refractivity contribution < 1.29 is 9.59 Å². The highest BCUT2D eigenvalue weighted by molar-refractivity contribution is 7.10. The molecule has 1 unspecified atom stereocenters. The molecular formula is C13H18N2O2S. The number of nitrogens with zero attached hydrogens (tertiary/aromatic N) is 1. The molecular weight excluding hydrogens is 248 g/mol. The predicted octanol–water partition coefficient (Wildman–Crippen LogP) is 1.54. The molecule has 2 heterocycles. The third-order valence-electron chi connectivity index (χ3n) is 3.20. The lowest BCUT2D eigenvalue weighted by atomic mass is 10.0. The number of piperazine rings is 1. The Labute approximate surface area is 111 Å². The van der Waals surface area contributed by atoms with Gasteiger partial charge in [0.2, 0.25) is 11.8 Å². The standard InChI is InChI=1S/C13H18N2O2S/c1-8(2)12-13(17)15(7-11(16)14-12)6-10-9(3)4-5-18-10/h4-5,8,12H,6-7H2,1-3H3,(H,14,16). The minimum Gasteiger partial charge on any atom is -0.343 e. The summed E-state index contributed by atoms with van der Waals surface area (Å²) in [5.41, 5.74) is 1.18. The molecule has 0 saturated carbocycles. The van der Waals surface area contributed by atoms with Crippen molar-refractivity contribution in [2.75, 3.05) is 6.54 Å². The van der Waals surface area contributed by atoms with Gasteiger partial charge in [-0.25, -0.2) is 0 Å². The lowest BCUT2D eigenvalue weighted by Crippen LogP contribution is -2.59. The van der Waals surface area contributed by atoms with Crippen molar-refractivity contribution in [2.45, 2.75) is 33.4 Å². The van der Waals surface area contributed by atoms with E-state index in [1.54, 1.807) is 16.2 Å². The van der Waals surface area contributed by atoms with Crippen molar-refractivity contribution >= 4 is 23.2 Å². The van der Waals surface area contributed by atoms with Gasteiger partial charge < -0.3 is 10.2 Å². The van der Waals surface area contributed by atoms with Gasteiger partial charge in [-0.15, -0.1) is 11.3 Å². The van der Waals surface area contributed by atoms with Gasteiger partial charge in [-0.05, 0) is 29.9 Å². The van der Waals surface area contributed by atoms with Gasteiger partial charge in [0.05, 0.1) is 13.1 Å². The molecule has 18 heavy (non-hydrogen) atoms. The van der Waals surface area contributed by atoms with E-state index >= 15 is 0 Å². The Bertz CT molecular complexity index is 467. The number of thiophene rings is 1. The molecule has 0 spiro atoms. The van der Waals surface area contributed by atoms with Crippen LogP contribution in [-0.2, 0) is 16.1 Å². The molecule has 0 bridgehead atoms. The minimum atomic E-state index is -0.383. The van der Waals surface area contributed by atoms with E-state index in [9.17, 15) is 9.59 Å². The van der Waals surface area contributed by atoms with Gasteiger partial charge in [0.1, 0.15) is 6.04 Å². The summed E-state index contributed by atoms with van der Waals surface area (Å²) >= 11 is 1.63. The van der Waals surface area contributed by atoms with Crippen LogP contribution in [-0.4, -0.2) is 29.3 Å². The zero-order valence-electron chi connectivity index (χ0n) is 10.9. The lowest BCUT2D eigenvalue weighted by molar-refractivity contribution is -0.146. The number of amides is 2. The molecule has 1 aromatic rings. The van der Waals surface area contributed by atoms with Crippen LogP contribution in [0.3, 0.4) is 0 Å². The Morgan fingerprint density at radius 1 is 1.50 bits per heavy atom. The van der Waals surface area contributed by atoms with Crippen molar-refractivity contribution in [1.29, 1.82) is 0 Å². The smallest absolute Gasteiger partial charge is 0.246 e. The highest BCUT2D eigenvalue weighted by Gasteiger charge is 2.34. The molecule has 1 fully saturated rings. The van der Waals surface area contributed by atoms with Crippen molar-refractivity contribution in [3.8, 4) is 0 Å². The Morgan fingerprint density at radius 3 is 2.78 bits per heavy atom. The minimum absolute atomic E-state index is 0.0254. The molecule has 1 atom stereocenters. The number of rotatable bonds is 3. The van der Waals surface area contributed by atoms with Crippen molar-refractivity contribution in [1.82, 2.24) is 10.2 Å². The normalized spacial score (nSPS) is 20.4. The summed E-state index contributed by atoms with van der Waals surface area (Å²) in [6.07, 6.45) is 0. The maximum Gasteiger partial charge on any atom is 0.246 e. The van der Waals surface area contributed by atoms with Crippen LogP contribution >= 0.6 is 11.3 Å². The van der Waals surface area contributed by atoms with Crippen molar-refractivity contribution in [3.63, 3.8) is 0 Å². The van der Waals surface area contributed by atoms with E-state index in [0.29, 0.717) is 6.54 Å². The fourth-order valence-corrected chi connectivity index (χ4v) is 2.97. The monoisotopic (exact) mass is 266 g/mol. The van der Waals surface area contributed by atoms with Gasteiger partial charge in [0.15, 0.2) is 0 Å². The Hall–Kier alpha value is -1.36. The van der Waals surface area contributed by atoms with E-state index in [4.69, 9.17) is 0 Å². The van der Waals surface area contributed by atoms with Crippen molar-refractivity contribution in [2.24, 2.45) is 5.92 Å². The van der Waals surface area contributed by atoms with Crippen LogP contribution in [0.2, 0.25) is 0 Å². The number of hydrogen-bond donors (Lipinski definition) is 1. The number of nitrogens with one attached hydrogen (secondary N) is 1. The summed E-state index contributed by atoms with van der Waals surface area (Å²) in [5.74, 6) is 0.0774. The summed E-state index contributed by atoms with van der Waals surface area (Å²) in [5, 5.41) is 4.78. The molecule has 0 aliphatic carbocycles. The lowest BCUT2D eigenvalue weighted by Gasteiger charge is -2.34. The third-order valence-corrected chi connectivity index (χ3v) is 4.21. The Kier molecular flexibility index (Phi) is 3.71. The third kappa shape index (κ3) is 2.56. The summed E-state index contributed by atoms with van der Waals surface area (Å²) in [4.78, 5) is 26.7. The first-order chi connectivity index (χ1) is 8.49. The van der Waals surface area contributed by atoms with Gasteiger partial charge in [-0.1, -0.05) is 13.8 Å². The highest BCUT2D eigenvalue weighted by Crippen LogP contribution is 2.20. The molecule has 1 aliphatic rings. The molecule has 4 nitrogen and oxygen atoms in total. The van der Waals surface area contributed by atoms with Gasteiger partial charge in [0.25, 0.3) is 0 Å². The van der Waals surface area contributed by atoms with Crippen LogP contribution in [0.1, 0.15) is 24.3 Å². The fraction of sp³-hybridized carbons (Fsp3) is 0.538. The van der Waals surface area contributed by atoms with Crippen LogP contribution < -0.4 is 5.32 Å². The molecule has 98 valence electrons. The van der Waals surface area contributed by atoms with Gasteiger partial charge in [-0.2, -0.15) is 0 Å². The van der Waals surface area contributed by atoms with Gasteiger partial charge in [-0.3, -0.25) is 9.59 Å². The van der Waals surface area contributed by atoms with Crippen LogP contribution in [0.25, 0.3) is 0 Å². The number of carbonyl (C=O) groups excluding carboxylic acids is 2. The van der Waals surface area contributed by atoms with E-state index in [2.05, 4.69) is 5.32 Å². The maximum absolute atomic E-state index is 12.3. The average molecular weight is 266 g/mol. The van der Waals surface area contributed by atoms with Crippen LogP contribution in [0.15, 0.2) is 11.4 Å². The zero-order chi connectivity index (χ0) is 13.3. The second-order valence-electron chi connectivity index (χ2n) is 5.01. The SMILES string of the molecule is Cc1ccsc1CN1CC(=O)NC(C(C)C)C1=O. The number of hydrogen-bond acceptors (Lipinski definition) is 3. The zero-order valence-corrected chi connectivity index (χ0v) is 11.7. The summed E-state index contributed by atoms with van der Waals surface area (Å²) in [6, 6.07) is 1.65. The molecule has 2 amide bonds. The van der Waals surface area contributed by atoms with Gasteiger partial charge in [0, 0.05) is 4.88 Å². The van der Waals surface area contributed by atoms with Gasteiger partial charge >= 0.3 is 0 Å². The second kappa shape index (κ2) is 5.10. The molecule has 1 N–H and O–H groups in total. The summed E-state index contributed by atoms with van der Waals surface area (Å²) < 4.78 is 0. The molecule has 1 aliphatic heterocycles. The first kappa shape index (κ1) is 13.1. The van der Waals surface area contributed by atoms with Crippen LogP contribution in [0.5, 0.6) is 0 Å². The first-order valence-corrected chi connectivity index (χ1v) is 6.98. The second-order valence-corrected chi connectivity index (χ2v) is 6.01. The average Bonchev–Trinajstić information content (AvgIpc) is 2.69. The molecule has 1 aromatic heterocycles. The van der Waals surface area contributed by atoms with E-state index in [1.165, 1.54) is 5.56 Å².